The zero-order valence-corrected chi connectivity index (χ0v) is 9.62. The molecule has 0 saturated carbocycles. The Hall–Kier alpha value is -0.410. The highest BCUT2D eigenvalue weighted by Crippen LogP contribution is 2.05. The van der Waals surface area contributed by atoms with Gasteiger partial charge in [-0.05, 0) is 20.8 Å². The highest BCUT2D eigenvalue weighted by Gasteiger charge is 2.18. The molecule has 82 valence electrons. The molecule has 0 bridgehead atoms. The van der Waals surface area contributed by atoms with Crippen molar-refractivity contribution in [2.45, 2.75) is 33.2 Å². The number of carbonyl (C=O) groups is 1. The van der Waals surface area contributed by atoms with Crippen molar-refractivity contribution in [2.24, 2.45) is 0 Å². The summed E-state index contributed by atoms with van der Waals surface area (Å²) in [6, 6.07) is 0.657. The summed E-state index contributed by atoms with van der Waals surface area (Å²) in [4.78, 5) is 15.7. The summed E-state index contributed by atoms with van der Waals surface area (Å²) >= 11 is 0. The van der Waals surface area contributed by atoms with Gasteiger partial charge in [0.25, 0.3) is 0 Å². The first-order chi connectivity index (χ1) is 6.59. The van der Waals surface area contributed by atoms with Gasteiger partial charge in [0.05, 0.1) is 0 Å². The highest BCUT2D eigenvalue weighted by atomic mass is 16.1. The summed E-state index contributed by atoms with van der Waals surface area (Å²) in [7, 11) is 0. The first kappa shape index (κ1) is 11.7. The van der Waals surface area contributed by atoms with Crippen LogP contribution < -0.4 is 0 Å². The van der Waals surface area contributed by atoms with E-state index in [0.29, 0.717) is 18.2 Å². The molecule has 0 spiro atoms. The van der Waals surface area contributed by atoms with Crippen LogP contribution in [0.2, 0.25) is 0 Å². The molecule has 0 aromatic rings. The number of nitrogens with zero attached hydrogens (tertiary/aromatic N) is 2. The summed E-state index contributed by atoms with van der Waals surface area (Å²) in [6.45, 7) is 11.6. The van der Waals surface area contributed by atoms with E-state index in [2.05, 4.69) is 23.6 Å². The Morgan fingerprint density at radius 2 is 1.79 bits per heavy atom. The largest absolute Gasteiger partial charge is 0.300 e. The molecule has 0 N–H and O–H groups in total. The lowest BCUT2D eigenvalue weighted by molar-refractivity contribution is -0.117. The highest BCUT2D eigenvalue weighted by molar-refractivity contribution is 5.75. The maximum absolute atomic E-state index is 10.8. The number of rotatable bonds is 4. The van der Waals surface area contributed by atoms with Gasteiger partial charge in [-0.25, -0.2) is 0 Å². The predicted molar refractivity (Wildman–Crippen MR) is 58.4 cm³/mol. The molecular weight excluding hydrogens is 176 g/mol. The Labute approximate surface area is 87.1 Å². The fourth-order valence-corrected chi connectivity index (χ4v) is 1.82. The Morgan fingerprint density at radius 3 is 2.21 bits per heavy atom. The average molecular weight is 198 g/mol. The van der Waals surface area contributed by atoms with E-state index < -0.39 is 0 Å². The molecule has 0 aromatic carbocycles. The number of piperazine rings is 1. The smallest absolute Gasteiger partial charge is 0.131 e. The lowest BCUT2D eigenvalue weighted by atomic mass is 10.2. The Balaban J connectivity index is 2.19. The fourth-order valence-electron chi connectivity index (χ4n) is 1.82. The van der Waals surface area contributed by atoms with E-state index in [1.165, 1.54) is 0 Å². The van der Waals surface area contributed by atoms with Gasteiger partial charge in [-0.1, -0.05) is 0 Å². The van der Waals surface area contributed by atoms with E-state index in [1.807, 2.05) is 0 Å². The molecule has 1 rings (SSSR count). The molecule has 1 aliphatic rings. The van der Waals surface area contributed by atoms with Crippen molar-refractivity contribution in [2.75, 3.05) is 32.7 Å². The Morgan fingerprint density at radius 1 is 1.21 bits per heavy atom. The van der Waals surface area contributed by atoms with Crippen molar-refractivity contribution >= 4 is 5.78 Å². The van der Waals surface area contributed by atoms with E-state index >= 15 is 0 Å². The van der Waals surface area contributed by atoms with Crippen LogP contribution in [0.25, 0.3) is 0 Å². The number of carbonyl (C=O) groups excluding carboxylic acids is 1. The third-order valence-electron chi connectivity index (χ3n) is 2.92. The molecule has 0 atom stereocenters. The van der Waals surface area contributed by atoms with Gasteiger partial charge < -0.3 is 4.90 Å². The van der Waals surface area contributed by atoms with Crippen LogP contribution in [0.1, 0.15) is 27.2 Å². The zero-order valence-electron chi connectivity index (χ0n) is 9.62. The third kappa shape index (κ3) is 3.76. The first-order valence-electron chi connectivity index (χ1n) is 5.55. The Kier molecular flexibility index (Phi) is 4.55. The molecule has 0 aromatic heterocycles. The first-order valence-corrected chi connectivity index (χ1v) is 5.55. The molecule has 3 heteroatoms. The van der Waals surface area contributed by atoms with Gasteiger partial charge in [0.15, 0.2) is 0 Å². The van der Waals surface area contributed by atoms with E-state index in [-0.39, 0.29) is 0 Å². The molecule has 1 heterocycles. The van der Waals surface area contributed by atoms with Crippen LogP contribution in [0.15, 0.2) is 0 Å². The van der Waals surface area contributed by atoms with E-state index in [0.717, 1.165) is 32.7 Å². The van der Waals surface area contributed by atoms with Gasteiger partial charge in [0.2, 0.25) is 0 Å². The molecule has 1 saturated heterocycles. The summed E-state index contributed by atoms with van der Waals surface area (Å²) in [5.41, 5.74) is 0. The maximum Gasteiger partial charge on any atom is 0.131 e. The van der Waals surface area contributed by atoms with Crippen LogP contribution in [0.3, 0.4) is 0 Å². The second kappa shape index (κ2) is 5.47. The van der Waals surface area contributed by atoms with Gasteiger partial charge in [-0.2, -0.15) is 0 Å². The minimum absolute atomic E-state index is 0.302. The van der Waals surface area contributed by atoms with E-state index in [1.54, 1.807) is 6.92 Å². The number of hydrogen-bond donors (Lipinski definition) is 0. The van der Waals surface area contributed by atoms with Crippen molar-refractivity contribution in [1.82, 2.24) is 9.80 Å². The topological polar surface area (TPSA) is 23.6 Å². The lowest BCUT2D eigenvalue weighted by Gasteiger charge is -2.36. The number of ketones is 1. The summed E-state index contributed by atoms with van der Waals surface area (Å²) in [5.74, 6) is 0.302. The molecule has 1 fully saturated rings. The minimum atomic E-state index is 0.302. The molecule has 14 heavy (non-hydrogen) atoms. The van der Waals surface area contributed by atoms with Gasteiger partial charge in [-0.15, -0.1) is 0 Å². The van der Waals surface area contributed by atoms with Crippen LogP contribution in [0.5, 0.6) is 0 Å². The molecule has 0 amide bonds. The van der Waals surface area contributed by atoms with E-state index in [4.69, 9.17) is 0 Å². The summed E-state index contributed by atoms with van der Waals surface area (Å²) in [5, 5.41) is 0. The van der Waals surface area contributed by atoms with Crippen LogP contribution in [0.4, 0.5) is 0 Å². The molecule has 1 aliphatic heterocycles. The quantitative estimate of drug-likeness (QED) is 0.673. The number of hydrogen-bond acceptors (Lipinski definition) is 3. The normalized spacial score (nSPS) is 20.3. The predicted octanol–water partition coefficient (Wildman–Crippen LogP) is 0.991. The second-order valence-electron chi connectivity index (χ2n) is 4.42. The van der Waals surface area contributed by atoms with Gasteiger partial charge in [0.1, 0.15) is 5.78 Å². The van der Waals surface area contributed by atoms with Crippen molar-refractivity contribution in [1.29, 1.82) is 0 Å². The maximum atomic E-state index is 10.8. The molecule has 3 nitrogen and oxygen atoms in total. The molecular formula is C11H22N2O. The number of Topliss-reactive ketones (excluding diaryl/α,β-unsaturated/α-hetero) is 1. The molecule has 0 radical (unpaired) electrons. The fraction of sp³-hybridized carbons (Fsp3) is 0.909. The second-order valence-corrected chi connectivity index (χ2v) is 4.42. The van der Waals surface area contributed by atoms with Gasteiger partial charge >= 0.3 is 0 Å². The van der Waals surface area contributed by atoms with Crippen LogP contribution >= 0.6 is 0 Å². The Bertz CT molecular complexity index is 184. The van der Waals surface area contributed by atoms with Crippen LogP contribution in [-0.4, -0.2) is 54.3 Å². The molecule has 0 aliphatic carbocycles. The molecule has 0 unspecified atom stereocenters. The SMILES string of the molecule is CC(=O)CCN1CCN(C(C)C)CC1. The van der Waals surface area contributed by atoms with Crippen LogP contribution in [-0.2, 0) is 4.79 Å². The van der Waals surface area contributed by atoms with Crippen molar-refractivity contribution < 1.29 is 4.79 Å². The summed E-state index contributed by atoms with van der Waals surface area (Å²) < 4.78 is 0. The van der Waals surface area contributed by atoms with Gasteiger partial charge in [-0.3, -0.25) is 9.69 Å². The summed E-state index contributed by atoms with van der Waals surface area (Å²) in [6.07, 6.45) is 0.710. The van der Waals surface area contributed by atoms with Crippen molar-refractivity contribution in [3.63, 3.8) is 0 Å². The lowest BCUT2D eigenvalue weighted by Crippen LogP contribution is -2.49. The van der Waals surface area contributed by atoms with Crippen LogP contribution in [0, 0.1) is 0 Å². The average Bonchev–Trinajstić information content (AvgIpc) is 2.15. The van der Waals surface area contributed by atoms with Crippen molar-refractivity contribution in [3.8, 4) is 0 Å². The third-order valence-corrected chi connectivity index (χ3v) is 2.92. The van der Waals surface area contributed by atoms with Gasteiger partial charge in [0, 0.05) is 45.2 Å². The standard InChI is InChI=1S/C11H22N2O/c1-10(2)13-8-6-12(7-9-13)5-4-11(3)14/h10H,4-9H2,1-3H3. The zero-order chi connectivity index (χ0) is 10.6. The van der Waals surface area contributed by atoms with E-state index in [9.17, 15) is 4.79 Å². The van der Waals surface area contributed by atoms with Crippen molar-refractivity contribution in [3.05, 3.63) is 0 Å². The monoisotopic (exact) mass is 198 g/mol. The minimum Gasteiger partial charge on any atom is -0.300 e.